The Kier molecular flexibility index (Phi) is 4.15. The van der Waals surface area contributed by atoms with E-state index >= 15 is 0 Å². The number of rotatable bonds is 5. The Morgan fingerprint density at radius 2 is 2.39 bits per heavy atom. The van der Waals surface area contributed by atoms with Gasteiger partial charge in [-0.3, -0.25) is 4.79 Å². The molecule has 98 valence electrons. The first-order valence-corrected chi connectivity index (χ1v) is 6.23. The summed E-state index contributed by atoms with van der Waals surface area (Å²) in [6, 6.07) is 4.78. The fourth-order valence-electron chi connectivity index (χ4n) is 2.20. The van der Waals surface area contributed by atoms with Crippen molar-refractivity contribution >= 4 is 11.6 Å². The lowest BCUT2D eigenvalue weighted by atomic mass is 10.1. The molecule has 5 heteroatoms. The van der Waals surface area contributed by atoms with Gasteiger partial charge in [0.2, 0.25) is 5.91 Å². The summed E-state index contributed by atoms with van der Waals surface area (Å²) in [7, 11) is 0. The number of anilines is 1. The molecule has 0 radical (unpaired) electrons. The van der Waals surface area contributed by atoms with E-state index in [0.29, 0.717) is 18.3 Å². The number of primary amides is 1. The van der Waals surface area contributed by atoms with E-state index in [2.05, 4.69) is 10.6 Å². The third-order valence-corrected chi connectivity index (χ3v) is 3.22. The number of benzene rings is 1. The number of nitrogens with one attached hydrogen (secondary N) is 2. The summed E-state index contributed by atoms with van der Waals surface area (Å²) in [6.45, 7) is 1.79. The minimum Gasteiger partial charge on any atom is -0.383 e. The first-order valence-electron chi connectivity index (χ1n) is 6.23. The molecule has 1 aromatic carbocycles. The smallest absolute Gasteiger partial charge is 0.248 e. The summed E-state index contributed by atoms with van der Waals surface area (Å²) < 4.78 is 13.6. The van der Waals surface area contributed by atoms with Gasteiger partial charge in [-0.05, 0) is 44.0 Å². The van der Waals surface area contributed by atoms with E-state index in [1.54, 1.807) is 6.07 Å². The number of hydrogen-bond donors (Lipinski definition) is 3. The summed E-state index contributed by atoms with van der Waals surface area (Å²) in [6.07, 6.45) is 3.37. The molecular formula is C13H18FN3O. The highest BCUT2D eigenvalue weighted by Gasteiger charge is 2.13. The van der Waals surface area contributed by atoms with Crippen molar-refractivity contribution in [2.75, 3.05) is 18.4 Å². The molecule has 1 atom stereocenters. The Labute approximate surface area is 106 Å². The topological polar surface area (TPSA) is 67.2 Å². The van der Waals surface area contributed by atoms with Crippen LogP contribution in [0.4, 0.5) is 10.1 Å². The number of carbonyl (C=O) groups is 1. The average Bonchev–Trinajstić information content (AvgIpc) is 2.84. The predicted octanol–water partition coefficient (Wildman–Crippen LogP) is 1.48. The molecule has 2 rings (SSSR count). The number of hydrogen-bond acceptors (Lipinski definition) is 3. The molecule has 18 heavy (non-hydrogen) atoms. The van der Waals surface area contributed by atoms with Gasteiger partial charge < -0.3 is 16.4 Å². The van der Waals surface area contributed by atoms with E-state index in [1.807, 2.05) is 0 Å². The lowest BCUT2D eigenvalue weighted by molar-refractivity contribution is 0.1000. The molecule has 0 aromatic heterocycles. The number of halogens is 1. The van der Waals surface area contributed by atoms with Crippen molar-refractivity contribution in [1.82, 2.24) is 5.32 Å². The molecule has 4 N–H and O–H groups in total. The van der Waals surface area contributed by atoms with Crippen LogP contribution in [0.25, 0.3) is 0 Å². The molecule has 0 saturated carbocycles. The summed E-state index contributed by atoms with van der Waals surface area (Å²) in [5.74, 6) is -1.05. The van der Waals surface area contributed by atoms with Crippen molar-refractivity contribution in [1.29, 1.82) is 0 Å². The fraction of sp³-hybridized carbons (Fsp3) is 0.462. The van der Waals surface area contributed by atoms with E-state index in [0.717, 1.165) is 13.0 Å². The van der Waals surface area contributed by atoms with Gasteiger partial charge in [-0.2, -0.15) is 0 Å². The lowest BCUT2D eigenvalue weighted by Crippen LogP contribution is -2.24. The van der Waals surface area contributed by atoms with Gasteiger partial charge in [0.1, 0.15) is 5.82 Å². The third-order valence-electron chi connectivity index (χ3n) is 3.22. The first kappa shape index (κ1) is 12.8. The van der Waals surface area contributed by atoms with Crippen molar-refractivity contribution in [3.8, 4) is 0 Å². The fourth-order valence-corrected chi connectivity index (χ4v) is 2.20. The van der Waals surface area contributed by atoms with Crippen molar-refractivity contribution in [3.05, 3.63) is 29.6 Å². The van der Waals surface area contributed by atoms with Crippen LogP contribution in [-0.4, -0.2) is 25.0 Å². The molecule has 1 saturated heterocycles. The highest BCUT2D eigenvalue weighted by Crippen LogP contribution is 2.16. The van der Waals surface area contributed by atoms with E-state index in [9.17, 15) is 9.18 Å². The molecular weight excluding hydrogens is 233 g/mol. The van der Waals surface area contributed by atoms with Crippen LogP contribution < -0.4 is 16.4 Å². The van der Waals surface area contributed by atoms with Crippen LogP contribution in [-0.2, 0) is 0 Å². The maximum atomic E-state index is 13.6. The van der Waals surface area contributed by atoms with Crippen LogP contribution in [0, 0.1) is 5.82 Å². The van der Waals surface area contributed by atoms with Gasteiger partial charge >= 0.3 is 0 Å². The Hall–Kier alpha value is -1.62. The maximum absolute atomic E-state index is 13.6. The molecule has 1 heterocycles. The van der Waals surface area contributed by atoms with Crippen molar-refractivity contribution in [2.45, 2.75) is 25.3 Å². The SMILES string of the molecule is NC(=O)c1ccc(NCC[C@@H]2CCCN2)c(F)c1. The Bertz CT molecular complexity index is 430. The second-order valence-corrected chi connectivity index (χ2v) is 4.57. The Morgan fingerprint density at radius 3 is 3.00 bits per heavy atom. The normalized spacial score (nSPS) is 18.8. The monoisotopic (exact) mass is 251 g/mol. The zero-order valence-electron chi connectivity index (χ0n) is 10.2. The summed E-state index contributed by atoms with van der Waals surface area (Å²) in [5.41, 5.74) is 5.69. The number of amides is 1. The van der Waals surface area contributed by atoms with Crippen LogP contribution in [0.3, 0.4) is 0 Å². The van der Waals surface area contributed by atoms with Gasteiger partial charge in [-0.1, -0.05) is 0 Å². The molecule has 1 fully saturated rings. The van der Waals surface area contributed by atoms with Gasteiger partial charge in [0.05, 0.1) is 5.69 Å². The molecule has 1 aliphatic heterocycles. The van der Waals surface area contributed by atoms with Gasteiger partial charge in [0.15, 0.2) is 0 Å². The van der Waals surface area contributed by atoms with Crippen LogP contribution in [0.1, 0.15) is 29.6 Å². The van der Waals surface area contributed by atoms with Crippen LogP contribution in [0.15, 0.2) is 18.2 Å². The van der Waals surface area contributed by atoms with Gasteiger partial charge in [-0.15, -0.1) is 0 Å². The summed E-state index contributed by atoms with van der Waals surface area (Å²) in [4.78, 5) is 10.9. The van der Waals surface area contributed by atoms with E-state index in [4.69, 9.17) is 5.73 Å². The van der Waals surface area contributed by atoms with Crippen LogP contribution >= 0.6 is 0 Å². The summed E-state index contributed by atoms with van der Waals surface area (Å²) >= 11 is 0. The minimum atomic E-state index is -0.615. The maximum Gasteiger partial charge on any atom is 0.248 e. The molecule has 1 aromatic rings. The zero-order chi connectivity index (χ0) is 13.0. The Balaban J connectivity index is 1.87. The molecule has 0 aliphatic carbocycles. The van der Waals surface area contributed by atoms with E-state index in [1.165, 1.54) is 25.0 Å². The van der Waals surface area contributed by atoms with E-state index < -0.39 is 11.7 Å². The second kappa shape index (κ2) is 5.82. The third kappa shape index (κ3) is 3.20. The Morgan fingerprint density at radius 1 is 1.56 bits per heavy atom. The van der Waals surface area contributed by atoms with E-state index in [-0.39, 0.29) is 5.56 Å². The highest BCUT2D eigenvalue weighted by molar-refractivity contribution is 5.93. The first-order chi connectivity index (χ1) is 8.66. The second-order valence-electron chi connectivity index (χ2n) is 4.57. The predicted molar refractivity (Wildman–Crippen MR) is 69.0 cm³/mol. The molecule has 0 unspecified atom stereocenters. The summed E-state index contributed by atoms with van der Waals surface area (Å²) in [5, 5.41) is 6.43. The van der Waals surface area contributed by atoms with Gasteiger partial charge in [0.25, 0.3) is 0 Å². The zero-order valence-corrected chi connectivity index (χ0v) is 10.2. The molecule has 0 spiro atoms. The molecule has 1 amide bonds. The van der Waals surface area contributed by atoms with Gasteiger partial charge in [-0.25, -0.2) is 4.39 Å². The van der Waals surface area contributed by atoms with Crippen LogP contribution in [0.2, 0.25) is 0 Å². The highest BCUT2D eigenvalue weighted by atomic mass is 19.1. The van der Waals surface area contributed by atoms with Crippen molar-refractivity contribution in [3.63, 3.8) is 0 Å². The van der Waals surface area contributed by atoms with Gasteiger partial charge in [0, 0.05) is 18.2 Å². The van der Waals surface area contributed by atoms with Crippen molar-refractivity contribution < 1.29 is 9.18 Å². The standard InChI is InChI=1S/C13H18FN3O/c14-11-8-9(13(15)18)3-4-12(11)17-7-5-10-2-1-6-16-10/h3-4,8,10,16-17H,1-2,5-7H2,(H2,15,18)/t10-/m0/s1. The largest absolute Gasteiger partial charge is 0.383 e. The molecule has 4 nitrogen and oxygen atoms in total. The number of carbonyl (C=O) groups excluding carboxylic acids is 1. The lowest BCUT2D eigenvalue weighted by Gasteiger charge is -2.12. The van der Waals surface area contributed by atoms with Crippen molar-refractivity contribution in [2.24, 2.45) is 5.73 Å². The molecule has 1 aliphatic rings. The van der Waals surface area contributed by atoms with Crippen LogP contribution in [0.5, 0.6) is 0 Å². The molecule has 0 bridgehead atoms. The average molecular weight is 251 g/mol. The quantitative estimate of drug-likeness (QED) is 0.742. The minimum absolute atomic E-state index is 0.190. The number of nitrogens with two attached hydrogens (primary N) is 1.